The Morgan fingerprint density at radius 3 is 2.60 bits per heavy atom. The van der Waals surface area contributed by atoms with E-state index in [1.54, 1.807) is 19.1 Å². The first-order chi connectivity index (χ1) is 16.7. The highest BCUT2D eigenvalue weighted by atomic mass is 35.5. The van der Waals surface area contributed by atoms with Crippen molar-refractivity contribution in [3.8, 4) is 11.5 Å². The Bertz CT molecular complexity index is 1170. The summed E-state index contributed by atoms with van der Waals surface area (Å²) in [5.41, 5.74) is 7.05. The first kappa shape index (κ1) is 24.7. The van der Waals surface area contributed by atoms with Gasteiger partial charge < -0.3 is 25.4 Å². The van der Waals surface area contributed by atoms with Crippen LogP contribution in [-0.4, -0.2) is 35.8 Å². The van der Waals surface area contributed by atoms with Crippen LogP contribution in [0.25, 0.3) is 0 Å². The number of carbonyl (C=O) groups excluding carboxylic acids is 3. The largest absolute Gasteiger partial charge is 0.490 e. The predicted octanol–water partition coefficient (Wildman–Crippen LogP) is 4.26. The van der Waals surface area contributed by atoms with Crippen LogP contribution >= 0.6 is 11.6 Å². The molecule has 11 heteroatoms. The molecule has 1 fully saturated rings. The first-order valence-electron chi connectivity index (χ1n) is 11.1. The predicted molar refractivity (Wildman–Crippen MR) is 123 cm³/mol. The zero-order valence-electron chi connectivity index (χ0n) is 18.9. The summed E-state index contributed by atoms with van der Waals surface area (Å²) in [5.74, 6) is -1.47. The van der Waals surface area contributed by atoms with Gasteiger partial charge in [0.05, 0.1) is 30.3 Å². The van der Waals surface area contributed by atoms with Crippen molar-refractivity contribution in [1.82, 2.24) is 4.90 Å². The van der Waals surface area contributed by atoms with Crippen molar-refractivity contribution in [2.24, 2.45) is 11.7 Å². The highest BCUT2D eigenvalue weighted by Crippen LogP contribution is 2.42. The van der Waals surface area contributed by atoms with Gasteiger partial charge in [0, 0.05) is 23.0 Å². The van der Waals surface area contributed by atoms with Crippen LogP contribution in [0.1, 0.15) is 53.7 Å². The van der Waals surface area contributed by atoms with Gasteiger partial charge in [-0.1, -0.05) is 17.7 Å². The van der Waals surface area contributed by atoms with E-state index in [4.69, 9.17) is 22.1 Å². The lowest BCUT2D eigenvalue weighted by Gasteiger charge is -2.28. The van der Waals surface area contributed by atoms with Gasteiger partial charge >= 0.3 is 6.61 Å². The minimum Gasteiger partial charge on any atom is -0.490 e. The Morgan fingerprint density at radius 1 is 1.23 bits per heavy atom. The van der Waals surface area contributed by atoms with E-state index in [0.717, 1.165) is 12.8 Å². The molecule has 0 bridgehead atoms. The lowest BCUT2D eigenvalue weighted by atomic mass is 10.0. The zero-order chi connectivity index (χ0) is 25.3. The number of nitrogens with one attached hydrogen (secondary N) is 1. The topological polar surface area (TPSA) is 111 Å². The summed E-state index contributed by atoms with van der Waals surface area (Å²) in [7, 11) is 0. The average Bonchev–Trinajstić information content (AvgIpc) is 3.59. The normalized spacial score (nSPS) is 15.7. The molecule has 1 heterocycles. The number of hydrogen-bond donors (Lipinski definition) is 2. The van der Waals surface area contributed by atoms with Crippen molar-refractivity contribution in [3.63, 3.8) is 0 Å². The van der Waals surface area contributed by atoms with E-state index in [9.17, 15) is 23.2 Å². The van der Waals surface area contributed by atoms with Crippen molar-refractivity contribution in [3.05, 3.63) is 52.0 Å². The SMILES string of the molecule is CCOc1cc(C(CC(N)=O)N2Cc3c(Cl)ccc(NC(=O)C4CC4)c3C2=O)ccc1OC(F)F. The maximum atomic E-state index is 13.6. The number of halogens is 3. The lowest BCUT2D eigenvalue weighted by molar-refractivity contribution is -0.119. The van der Waals surface area contributed by atoms with Gasteiger partial charge in [0.15, 0.2) is 11.5 Å². The van der Waals surface area contributed by atoms with E-state index in [0.29, 0.717) is 21.8 Å². The number of amides is 3. The number of ether oxygens (including phenoxy) is 2. The number of alkyl halides is 2. The molecular formula is C24H24ClF2N3O5. The molecule has 3 amide bonds. The minimum absolute atomic E-state index is 0.0411. The highest BCUT2D eigenvalue weighted by molar-refractivity contribution is 6.32. The van der Waals surface area contributed by atoms with Gasteiger partial charge in [-0.2, -0.15) is 8.78 Å². The molecule has 0 radical (unpaired) electrons. The van der Waals surface area contributed by atoms with E-state index in [1.807, 2.05) is 0 Å². The van der Waals surface area contributed by atoms with Gasteiger partial charge in [-0.05, 0) is 49.6 Å². The zero-order valence-corrected chi connectivity index (χ0v) is 19.6. The molecule has 8 nitrogen and oxygen atoms in total. The van der Waals surface area contributed by atoms with E-state index < -0.39 is 24.5 Å². The number of nitrogens with two attached hydrogens (primary N) is 1. The van der Waals surface area contributed by atoms with Crippen LogP contribution in [0.5, 0.6) is 11.5 Å². The number of carbonyl (C=O) groups is 3. The number of hydrogen-bond acceptors (Lipinski definition) is 5. The lowest BCUT2D eigenvalue weighted by Crippen LogP contribution is -2.32. The summed E-state index contributed by atoms with van der Waals surface area (Å²) in [6.07, 6.45) is 1.37. The number of nitrogens with zero attached hydrogens (tertiary/aromatic N) is 1. The average molecular weight is 508 g/mol. The van der Waals surface area contributed by atoms with Crippen LogP contribution in [0.4, 0.5) is 14.5 Å². The molecule has 4 rings (SSSR count). The van der Waals surface area contributed by atoms with Crippen LogP contribution in [0.2, 0.25) is 5.02 Å². The number of rotatable bonds is 10. The molecule has 1 saturated carbocycles. The van der Waals surface area contributed by atoms with Gasteiger partial charge in [0.2, 0.25) is 11.8 Å². The fourth-order valence-corrected chi connectivity index (χ4v) is 4.35. The number of fused-ring (bicyclic) bond motifs is 1. The minimum atomic E-state index is -3.05. The van der Waals surface area contributed by atoms with Crippen LogP contribution < -0.4 is 20.5 Å². The fraction of sp³-hybridized carbons (Fsp3) is 0.375. The standard InChI is InChI=1S/C24H24ClF2N3O5/c1-2-34-19-9-13(5-8-18(19)35-24(26)27)17(10-20(28)31)30-11-14-15(25)6-7-16(21(14)23(30)33)29-22(32)12-3-4-12/h5-9,12,17,24H,2-4,10-11H2,1H3,(H2,28,31)(H,29,32). The summed E-state index contributed by atoms with van der Waals surface area (Å²) in [4.78, 5) is 39.3. The molecule has 1 aliphatic carbocycles. The second kappa shape index (κ2) is 10.1. The molecule has 1 unspecified atom stereocenters. The number of primary amides is 1. The van der Waals surface area contributed by atoms with Crippen molar-refractivity contribution >= 4 is 35.0 Å². The van der Waals surface area contributed by atoms with E-state index in [-0.39, 0.29) is 48.5 Å². The molecule has 0 aromatic heterocycles. The molecule has 2 aliphatic rings. The van der Waals surface area contributed by atoms with E-state index in [2.05, 4.69) is 10.1 Å². The summed E-state index contributed by atoms with van der Waals surface area (Å²) >= 11 is 6.39. The molecule has 2 aromatic carbocycles. The molecule has 1 aliphatic heterocycles. The molecule has 1 atom stereocenters. The second-order valence-corrected chi connectivity index (χ2v) is 8.76. The Labute approximate surface area is 205 Å². The smallest absolute Gasteiger partial charge is 0.387 e. The Hall–Kier alpha value is -3.40. The Balaban J connectivity index is 1.70. The second-order valence-electron chi connectivity index (χ2n) is 8.35. The third-order valence-corrected chi connectivity index (χ3v) is 6.26. The molecule has 0 saturated heterocycles. The van der Waals surface area contributed by atoms with Crippen molar-refractivity contribution < 1.29 is 32.6 Å². The van der Waals surface area contributed by atoms with E-state index in [1.165, 1.54) is 23.1 Å². The monoisotopic (exact) mass is 507 g/mol. The van der Waals surface area contributed by atoms with Crippen LogP contribution in [0, 0.1) is 5.92 Å². The summed E-state index contributed by atoms with van der Waals surface area (Å²) in [6.45, 7) is -1.13. The van der Waals surface area contributed by atoms with Gasteiger partial charge in [-0.3, -0.25) is 14.4 Å². The molecule has 35 heavy (non-hydrogen) atoms. The van der Waals surface area contributed by atoms with Crippen LogP contribution in [-0.2, 0) is 16.1 Å². The quantitative estimate of drug-likeness (QED) is 0.499. The van der Waals surface area contributed by atoms with Gasteiger partial charge in [-0.15, -0.1) is 0 Å². The van der Waals surface area contributed by atoms with E-state index >= 15 is 0 Å². The Morgan fingerprint density at radius 2 is 1.97 bits per heavy atom. The summed E-state index contributed by atoms with van der Waals surface area (Å²) in [6, 6.07) is 6.56. The van der Waals surface area contributed by atoms with Crippen molar-refractivity contribution in [1.29, 1.82) is 0 Å². The molecular weight excluding hydrogens is 484 g/mol. The molecule has 2 aromatic rings. The maximum Gasteiger partial charge on any atom is 0.387 e. The molecule has 186 valence electrons. The van der Waals surface area contributed by atoms with Gasteiger partial charge in [0.25, 0.3) is 5.91 Å². The fourth-order valence-electron chi connectivity index (χ4n) is 4.14. The highest BCUT2D eigenvalue weighted by Gasteiger charge is 2.39. The van der Waals surface area contributed by atoms with Crippen molar-refractivity contribution in [2.75, 3.05) is 11.9 Å². The Kier molecular flexibility index (Phi) is 7.11. The van der Waals surface area contributed by atoms with Gasteiger partial charge in [0.1, 0.15) is 0 Å². The molecule has 0 spiro atoms. The van der Waals surface area contributed by atoms with Crippen LogP contribution in [0.3, 0.4) is 0 Å². The summed E-state index contributed by atoms with van der Waals surface area (Å²) in [5, 5.41) is 3.15. The van der Waals surface area contributed by atoms with Gasteiger partial charge in [-0.25, -0.2) is 0 Å². The molecule has 3 N–H and O–H groups in total. The summed E-state index contributed by atoms with van der Waals surface area (Å²) < 4.78 is 35.6. The first-order valence-corrected chi connectivity index (χ1v) is 11.5. The van der Waals surface area contributed by atoms with Crippen molar-refractivity contribution in [2.45, 2.75) is 45.4 Å². The third-order valence-electron chi connectivity index (χ3n) is 5.90. The van der Waals surface area contributed by atoms with Crippen LogP contribution in [0.15, 0.2) is 30.3 Å². The number of benzene rings is 2. The third kappa shape index (κ3) is 5.32. The number of anilines is 1. The maximum absolute atomic E-state index is 13.6.